The van der Waals surface area contributed by atoms with Crippen LogP contribution in [0.4, 0.5) is 4.39 Å². The van der Waals surface area contributed by atoms with Crippen molar-refractivity contribution in [2.24, 2.45) is 11.8 Å². The van der Waals surface area contributed by atoms with Crippen LogP contribution in [0.3, 0.4) is 0 Å². The molecule has 1 unspecified atom stereocenters. The summed E-state index contributed by atoms with van der Waals surface area (Å²) in [6.07, 6.45) is 1.22. The SMILES string of the molecule is COCC(CS(=O)(=O)c1ccnc(OC)c1F)C(C)C. The molecule has 20 heavy (non-hydrogen) atoms. The average Bonchev–Trinajstić information content (AvgIpc) is 2.38. The Morgan fingerprint density at radius 2 is 2.00 bits per heavy atom. The number of hydrogen-bond donors (Lipinski definition) is 0. The maximum Gasteiger partial charge on any atom is 0.251 e. The third-order valence-electron chi connectivity index (χ3n) is 3.11. The molecule has 0 N–H and O–H groups in total. The molecule has 1 heterocycles. The summed E-state index contributed by atoms with van der Waals surface area (Å²) in [5.74, 6) is -1.54. The molecule has 0 aromatic carbocycles. The number of hydrogen-bond acceptors (Lipinski definition) is 5. The fraction of sp³-hybridized carbons (Fsp3) is 0.615. The molecule has 0 aliphatic heterocycles. The summed E-state index contributed by atoms with van der Waals surface area (Å²) in [7, 11) is -1.01. The predicted molar refractivity (Wildman–Crippen MR) is 73.0 cm³/mol. The van der Waals surface area contributed by atoms with E-state index in [1.54, 1.807) is 0 Å². The molecular weight excluding hydrogens is 285 g/mol. The van der Waals surface area contributed by atoms with Crippen molar-refractivity contribution in [1.29, 1.82) is 0 Å². The topological polar surface area (TPSA) is 65.5 Å². The molecule has 1 rings (SSSR count). The minimum absolute atomic E-state index is 0.108. The molecule has 0 radical (unpaired) electrons. The van der Waals surface area contributed by atoms with Gasteiger partial charge in [-0.25, -0.2) is 13.4 Å². The summed E-state index contributed by atoms with van der Waals surface area (Å²) in [5.41, 5.74) is 0. The summed E-state index contributed by atoms with van der Waals surface area (Å²) < 4.78 is 48.4. The summed E-state index contributed by atoms with van der Waals surface area (Å²) >= 11 is 0. The number of pyridine rings is 1. The van der Waals surface area contributed by atoms with Gasteiger partial charge >= 0.3 is 0 Å². The highest BCUT2D eigenvalue weighted by atomic mass is 32.2. The molecule has 7 heteroatoms. The Morgan fingerprint density at radius 3 is 2.50 bits per heavy atom. The molecule has 0 spiro atoms. The highest BCUT2D eigenvalue weighted by Crippen LogP contribution is 2.25. The highest BCUT2D eigenvalue weighted by molar-refractivity contribution is 7.91. The summed E-state index contributed by atoms with van der Waals surface area (Å²) in [5, 5.41) is 0. The molecule has 5 nitrogen and oxygen atoms in total. The standard InChI is InChI=1S/C13H20FNO4S/c1-9(2)10(7-18-3)8-20(16,17)11-5-6-15-13(19-4)12(11)14/h5-6,9-10H,7-8H2,1-4H3. The molecule has 0 bridgehead atoms. The van der Waals surface area contributed by atoms with Gasteiger partial charge in [0.05, 0.1) is 19.5 Å². The summed E-state index contributed by atoms with van der Waals surface area (Å²) in [4.78, 5) is 3.25. The van der Waals surface area contributed by atoms with Gasteiger partial charge in [0, 0.05) is 13.3 Å². The van der Waals surface area contributed by atoms with E-state index in [-0.39, 0.29) is 28.4 Å². The molecule has 1 aromatic rings. The van der Waals surface area contributed by atoms with Crippen LogP contribution in [0.2, 0.25) is 0 Å². The molecule has 1 aromatic heterocycles. The number of ether oxygens (including phenoxy) is 2. The first-order valence-electron chi connectivity index (χ1n) is 6.23. The van der Waals surface area contributed by atoms with E-state index in [1.807, 2.05) is 13.8 Å². The first-order chi connectivity index (χ1) is 9.33. The molecule has 114 valence electrons. The van der Waals surface area contributed by atoms with Crippen LogP contribution in [-0.4, -0.2) is 40.0 Å². The smallest absolute Gasteiger partial charge is 0.251 e. The molecule has 0 amide bonds. The van der Waals surface area contributed by atoms with Crippen LogP contribution in [0.15, 0.2) is 17.2 Å². The first kappa shape index (κ1) is 16.8. The van der Waals surface area contributed by atoms with Crippen molar-refractivity contribution in [3.8, 4) is 5.88 Å². The Balaban J connectivity index is 3.10. The molecule has 0 fully saturated rings. The zero-order chi connectivity index (χ0) is 15.3. The van der Waals surface area contributed by atoms with Crippen LogP contribution >= 0.6 is 0 Å². The Hall–Kier alpha value is -1.21. The second-order valence-corrected chi connectivity index (χ2v) is 6.88. The van der Waals surface area contributed by atoms with Crippen molar-refractivity contribution in [1.82, 2.24) is 4.98 Å². The van der Waals surface area contributed by atoms with Crippen molar-refractivity contribution in [3.05, 3.63) is 18.1 Å². The van der Waals surface area contributed by atoms with Gasteiger partial charge in [-0.15, -0.1) is 0 Å². The van der Waals surface area contributed by atoms with Crippen molar-refractivity contribution < 1.29 is 22.3 Å². The van der Waals surface area contributed by atoms with Gasteiger partial charge in [-0.05, 0) is 17.9 Å². The maximum absolute atomic E-state index is 14.0. The van der Waals surface area contributed by atoms with Gasteiger partial charge in [0.25, 0.3) is 5.88 Å². The van der Waals surface area contributed by atoms with E-state index in [9.17, 15) is 12.8 Å². The summed E-state index contributed by atoms with van der Waals surface area (Å²) in [6.45, 7) is 4.12. The lowest BCUT2D eigenvalue weighted by molar-refractivity contribution is 0.140. The number of rotatable bonds is 7. The second-order valence-electron chi connectivity index (χ2n) is 4.87. The van der Waals surface area contributed by atoms with E-state index < -0.39 is 15.7 Å². The predicted octanol–water partition coefficient (Wildman–Crippen LogP) is 1.92. The number of aromatic nitrogens is 1. The number of methoxy groups -OCH3 is 2. The van der Waals surface area contributed by atoms with Crippen LogP contribution < -0.4 is 4.74 Å². The molecule has 0 saturated heterocycles. The van der Waals surface area contributed by atoms with Gasteiger partial charge in [0.15, 0.2) is 9.84 Å². The maximum atomic E-state index is 14.0. The van der Waals surface area contributed by atoms with Crippen LogP contribution in [0, 0.1) is 17.7 Å². The average molecular weight is 305 g/mol. The third-order valence-corrected chi connectivity index (χ3v) is 4.96. The van der Waals surface area contributed by atoms with E-state index in [1.165, 1.54) is 20.4 Å². The minimum atomic E-state index is -3.76. The normalized spacial score (nSPS) is 13.5. The van der Waals surface area contributed by atoms with Crippen LogP contribution in [-0.2, 0) is 14.6 Å². The van der Waals surface area contributed by atoms with Crippen molar-refractivity contribution in [2.45, 2.75) is 18.7 Å². The van der Waals surface area contributed by atoms with E-state index in [2.05, 4.69) is 4.98 Å². The van der Waals surface area contributed by atoms with E-state index >= 15 is 0 Å². The van der Waals surface area contributed by atoms with E-state index in [0.29, 0.717) is 6.61 Å². The lowest BCUT2D eigenvalue weighted by Gasteiger charge is -2.20. The number of sulfone groups is 1. The van der Waals surface area contributed by atoms with Crippen LogP contribution in [0.25, 0.3) is 0 Å². The van der Waals surface area contributed by atoms with Gasteiger partial charge in [-0.1, -0.05) is 13.8 Å². The Labute approximate surface area is 119 Å². The quantitative estimate of drug-likeness (QED) is 0.770. The summed E-state index contributed by atoms with van der Waals surface area (Å²) in [6, 6.07) is 1.15. The zero-order valence-corrected chi connectivity index (χ0v) is 12.9. The van der Waals surface area contributed by atoms with Gasteiger partial charge in [-0.2, -0.15) is 4.39 Å². The lowest BCUT2D eigenvalue weighted by Crippen LogP contribution is -2.25. The largest absolute Gasteiger partial charge is 0.479 e. The van der Waals surface area contributed by atoms with E-state index in [0.717, 1.165) is 6.07 Å². The minimum Gasteiger partial charge on any atom is -0.479 e. The molecular formula is C13H20FNO4S. The Kier molecular flexibility index (Phi) is 5.88. The first-order valence-corrected chi connectivity index (χ1v) is 7.89. The zero-order valence-electron chi connectivity index (χ0n) is 12.1. The second kappa shape index (κ2) is 6.99. The number of nitrogens with zero attached hydrogens (tertiary/aromatic N) is 1. The third kappa shape index (κ3) is 3.89. The fourth-order valence-corrected chi connectivity index (χ4v) is 3.66. The molecule has 0 saturated carbocycles. The number of halogens is 1. The van der Waals surface area contributed by atoms with Gasteiger partial charge in [0.1, 0.15) is 4.90 Å². The Bertz CT molecular complexity index is 545. The Morgan fingerprint density at radius 1 is 1.35 bits per heavy atom. The van der Waals surface area contributed by atoms with Crippen molar-refractivity contribution in [3.63, 3.8) is 0 Å². The van der Waals surface area contributed by atoms with Gasteiger partial charge < -0.3 is 9.47 Å². The van der Waals surface area contributed by atoms with Gasteiger partial charge in [-0.3, -0.25) is 0 Å². The lowest BCUT2D eigenvalue weighted by atomic mass is 9.99. The van der Waals surface area contributed by atoms with Gasteiger partial charge in [0.2, 0.25) is 5.82 Å². The van der Waals surface area contributed by atoms with Crippen LogP contribution in [0.1, 0.15) is 13.8 Å². The van der Waals surface area contributed by atoms with Crippen LogP contribution in [0.5, 0.6) is 5.88 Å². The molecule has 0 aliphatic carbocycles. The van der Waals surface area contributed by atoms with Crippen molar-refractivity contribution >= 4 is 9.84 Å². The van der Waals surface area contributed by atoms with Crippen molar-refractivity contribution in [2.75, 3.05) is 26.6 Å². The van der Waals surface area contributed by atoms with E-state index in [4.69, 9.17) is 9.47 Å². The molecule has 1 atom stereocenters. The fourth-order valence-electron chi connectivity index (χ4n) is 1.81. The molecule has 0 aliphatic rings. The highest BCUT2D eigenvalue weighted by Gasteiger charge is 2.27. The monoisotopic (exact) mass is 305 g/mol.